The lowest BCUT2D eigenvalue weighted by atomic mass is 10.3. The Morgan fingerprint density at radius 3 is 2.84 bits per heavy atom. The van der Waals surface area contributed by atoms with Gasteiger partial charge in [-0.3, -0.25) is 0 Å². The summed E-state index contributed by atoms with van der Waals surface area (Å²) in [5, 5.41) is 16.2. The molecule has 102 valence electrons. The number of hydrogen-bond acceptors (Lipinski definition) is 5. The second-order valence-electron chi connectivity index (χ2n) is 4.37. The van der Waals surface area contributed by atoms with E-state index in [0.717, 1.165) is 29.6 Å². The zero-order valence-corrected chi connectivity index (χ0v) is 12.1. The summed E-state index contributed by atoms with van der Waals surface area (Å²) in [6.45, 7) is 5.40. The minimum absolute atomic E-state index is 0.450. The van der Waals surface area contributed by atoms with Gasteiger partial charge in [0.05, 0.1) is 5.69 Å². The summed E-state index contributed by atoms with van der Waals surface area (Å²) in [5.41, 5.74) is 0.990. The molecule has 0 spiro atoms. The van der Waals surface area contributed by atoms with Gasteiger partial charge >= 0.3 is 0 Å². The maximum Gasteiger partial charge on any atom is 0.214 e. The summed E-state index contributed by atoms with van der Waals surface area (Å²) in [4.78, 5) is 0. The first kappa shape index (κ1) is 14.0. The van der Waals surface area contributed by atoms with Gasteiger partial charge in [-0.1, -0.05) is 36.9 Å². The van der Waals surface area contributed by atoms with Crippen LogP contribution in [0.15, 0.2) is 35.5 Å². The molecular weight excluding hydrogens is 258 g/mol. The summed E-state index contributed by atoms with van der Waals surface area (Å²) in [7, 11) is 0. The number of thioether (sulfide) groups is 1. The van der Waals surface area contributed by atoms with Crippen LogP contribution >= 0.6 is 11.8 Å². The van der Waals surface area contributed by atoms with Gasteiger partial charge in [-0.25, -0.2) is 0 Å². The summed E-state index contributed by atoms with van der Waals surface area (Å²) in [5.74, 6) is 0.952. The number of hydrogen-bond donors (Lipinski definition) is 1. The Hall–Kier alpha value is -1.40. The molecule has 19 heavy (non-hydrogen) atoms. The van der Waals surface area contributed by atoms with Crippen LogP contribution in [-0.2, 0) is 0 Å². The van der Waals surface area contributed by atoms with E-state index in [0.29, 0.717) is 6.04 Å². The monoisotopic (exact) mass is 277 g/mol. The molecule has 1 atom stereocenters. The van der Waals surface area contributed by atoms with Gasteiger partial charge in [0, 0.05) is 11.8 Å². The Morgan fingerprint density at radius 1 is 1.32 bits per heavy atom. The molecule has 6 heteroatoms. The van der Waals surface area contributed by atoms with Crippen LogP contribution in [0.4, 0.5) is 0 Å². The molecule has 2 aromatic rings. The minimum Gasteiger partial charge on any atom is -0.313 e. The first-order chi connectivity index (χ1) is 9.31. The van der Waals surface area contributed by atoms with E-state index >= 15 is 0 Å². The molecular formula is C13H19N5S. The molecule has 5 nitrogen and oxygen atoms in total. The van der Waals surface area contributed by atoms with Crippen molar-refractivity contribution in [3.63, 3.8) is 0 Å². The van der Waals surface area contributed by atoms with Gasteiger partial charge in [0.2, 0.25) is 5.16 Å². The molecule has 0 aliphatic rings. The van der Waals surface area contributed by atoms with Gasteiger partial charge in [0.15, 0.2) is 0 Å². The molecule has 0 saturated carbocycles. The van der Waals surface area contributed by atoms with Crippen LogP contribution in [0.3, 0.4) is 0 Å². The fourth-order valence-electron chi connectivity index (χ4n) is 1.65. The largest absolute Gasteiger partial charge is 0.313 e. The lowest BCUT2D eigenvalue weighted by molar-refractivity contribution is 0.589. The van der Waals surface area contributed by atoms with E-state index < -0.39 is 0 Å². The molecule has 0 amide bonds. The molecule has 1 unspecified atom stereocenters. The highest BCUT2D eigenvalue weighted by molar-refractivity contribution is 7.99. The Kier molecular flexibility index (Phi) is 5.35. The minimum atomic E-state index is 0.450. The number of para-hydroxylation sites is 1. The van der Waals surface area contributed by atoms with Crippen molar-refractivity contribution in [3.05, 3.63) is 30.3 Å². The standard InChI is InChI=1S/C13H19N5S/c1-3-9-14-11(2)10-19-13-15-16-17-18(13)12-7-5-4-6-8-12/h4-8,11,14H,3,9-10H2,1-2H3. The summed E-state index contributed by atoms with van der Waals surface area (Å²) >= 11 is 1.67. The van der Waals surface area contributed by atoms with E-state index in [2.05, 4.69) is 34.7 Å². The van der Waals surface area contributed by atoms with Crippen LogP contribution in [0, 0.1) is 0 Å². The molecule has 0 aliphatic carbocycles. The van der Waals surface area contributed by atoms with Crippen molar-refractivity contribution in [1.29, 1.82) is 0 Å². The molecule has 1 N–H and O–H groups in total. The number of rotatable bonds is 7. The lowest BCUT2D eigenvalue weighted by Crippen LogP contribution is -2.28. The van der Waals surface area contributed by atoms with Crippen molar-refractivity contribution in [3.8, 4) is 5.69 Å². The summed E-state index contributed by atoms with van der Waals surface area (Å²) in [6.07, 6.45) is 1.15. The van der Waals surface area contributed by atoms with Crippen molar-refractivity contribution in [2.45, 2.75) is 31.5 Å². The first-order valence-electron chi connectivity index (χ1n) is 6.51. The lowest BCUT2D eigenvalue weighted by Gasteiger charge is -2.12. The maximum absolute atomic E-state index is 4.08. The predicted octanol–water partition coefficient (Wildman–Crippen LogP) is 2.14. The van der Waals surface area contributed by atoms with Crippen molar-refractivity contribution in [2.75, 3.05) is 12.3 Å². The zero-order valence-electron chi connectivity index (χ0n) is 11.3. The first-order valence-corrected chi connectivity index (χ1v) is 7.49. The highest BCUT2D eigenvalue weighted by atomic mass is 32.2. The Morgan fingerprint density at radius 2 is 2.11 bits per heavy atom. The van der Waals surface area contributed by atoms with Gasteiger partial charge in [-0.15, -0.1) is 5.10 Å². The second kappa shape index (κ2) is 7.25. The van der Waals surface area contributed by atoms with E-state index in [1.54, 1.807) is 16.4 Å². The number of benzene rings is 1. The second-order valence-corrected chi connectivity index (χ2v) is 5.36. The van der Waals surface area contributed by atoms with E-state index in [9.17, 15) is 0 Å². The number of tetrazole rings is 1. The normalized spacial score (nSPS) is 12.5. The molecule has 1 heterocycles. The Bertz CT molecular complexity index is 485. The fraction of sp³-hybridized carbons (Fsp3) is 0.462. The van der Waals surface area contributed by atoms with Crippen LogP contribution in [-0.4, -0.2) is 38.5 Å². The van der Waals surface area contributed by atoms with Crippen LogP contribution in [0.25, 0.3) is 5.69 Å². The molecule has 0 bridgehead atoms. The molecule has 1 aromatic carbocycles. The Labute approximate surface area is 117 Å². The number of nitrogens with zero attached hydrogens (tertiary/aromatic N) is 4. The van der Waals surface area contributed by atoms with Gasteiger partial charge in [-0.05, 0) is 42.4 Å². The quantitative estimate of drug-likeness (QED) is 0.786. The molecule has 0 fully saturated rings. The molecule has 0 aliphatic heterocycles. The van der Waals surface area contributed by atoms with E-state index in [4.69, 9.17) is 0 Å². The SMILES string of the molecule is CCCNC(C)CSc1nnnn1-c1ccccc1. The van der Waals surface area contributed by atoms with Crippen LogP contribution in [0.1, 0.15) is 20.3 Å². The van der Waals surface area contributed by atoms with Crippen molar-refractivity contribution in [1.82, 2.24) is 25.5 Å². The maximum atomic E-state index is 4.08. The number of aromatic nitrogens is 4. The molecule has 0 saturated heterocycles. The van der Waals surface area contributed by atoms with Crippen LogP contribution in [0.2, 0.25) is 0 Å². The predicted molar refractivity (Wildman–Crippen MR) is 77.6 cm³/mol. The van der Waals surface area contributed by atoms with Gasteiger partial charge in [0.1, 0.15) is 0 Å². The van der Waals surface area contributed by atoms with Gasteiger partial charge in [-0.2, -0.15) is 4.68 Å². The third-order valence-electron chi connectivity index (χ3n) is 2.65. The summed E-state index contributed by atoms with van der Waals surface area (Å²) < 4.78 is 1.78. The molecule has 2 rings (SSSR count). The van der Waals surface area contributed by atoms with Crippen molar-refractivity contribution in [2.24, 2.45) is 0 Å². The fourth-order valence-corrected chi connectivity index (χ4v) is 2.52. The third-order valence-corrected chi connectivity index (χ3v) is 3.83. The highest BCUT2D eigenvalue weighted by Gasteiger charge is 2.10. The Balaban J connectivity index is 1.97. The van der Waals surface area contributed by atoms with E-state index in [1.165, 1.54) is 0 Å². The smallest absolute Gasteiger partial charge is 0.214 e. The van der Waals surface area contributed by atoms with Crippen LogP contribution in [0.5, 0.6) is 0 Å². The number of nitrogens with one attached hydrogen (secondary N) is 1. The average molecular weight is 277 g/mol. The topological polar surface area (TPSA) is 55.6 Å². The van der Waals surface area contributed by atoms with Gasteiger partial charge in [0.25, 0.3) is 0 Å². The van der Waals surface area contributed by atoms with Crippen molar-refractivity contribution >= 4 is 11.8 Å². The van der Waals surface area contributed by atoms with E-state index in [1.807, 2.05) is 30.3 Å². The molecule has 1 aromatic heterocycles. The van der Waals surface area contributed by atoms with E-state index in [-0.39, 0.29) is 0 Å². The van der Waals surface area contributed by atoms with Gasteiger partial charge < -0.3 is 5.32 Å². The third kappa shape index (κ3) is 4.04. The summed E-state index contributed by atoms with van der Waals surface area (Å²) in [6, 6.07) is 10.4. The van der Waals surface area contributed by atoms with Crippen LogP contribution < -0.4 is 5.32 Å². The highest BCUT2D eigenvalue weighted by Crippen LogP contribution is 2.18. The average Bonchev–Trinajstić information content (AvgIpc) is 2.92. The van der Waals surface area contributed by atoms with Crippen molar-refractivity contribution < 1.29 is 0 Å². The zero-order chi connectivity index (χ0) is 13.5. The molecule has 0 radical (unpaired) electrons.